The molecule has 2 amide bonds. The third kappa shape index (κ3) is 3.24. The number of amides is 2. The zero-order valence-electron chi connectivity index (χ0n) is 14.9. The second-order valence-electron chi connectivity index (χ2n) is 7.03. The normalized spacial score (nSPS) is 24.8. The van der Waals surface area contributed by atoms with Crippen LogP contribution in [0.5, 0.6) is 0 Å². The van der Waals surface area contributed by atoms with E-state index in [-0.39, 0.29) is 18.2 Å². The van der Waals surface area contributed by atoms with Gasteiger partial charge in [0.25, 0.3) is 0 Å². The minimum atomic E-state index is -0.434. The molecule has 0 spiro atoms. The lowest BCUT2D eigenvalue weighted by molar-refractivity contribution is 0.00850. The Balaban J connectivity index is 1.58. The lowest BCUT2D eigenvalue weighted by Gasteiger charge is -2.42. The van der Waals surface area contributed by atoms with E-state index in [1.54, 1.807) is 12.5 Å². The third-order valence-electron chi connectivity index (χ3n) is 5.39. The standard InChI is InChI=1S/C17H24N6O3/c1-21(13-3-6-26-7-4-13)17(25)23-5-2-14(24)8-15(23)22-10-12-9-19-20-16(12)18-11-22/h9-11,13-15,24H,2-8H2,1H3. The number of carbonyl (C=O) groups excluding carboxylic acids is 1. The fourth-order valence-corrected chi connectivity index (χ4v) is 3.79. The van der Waals surface area contributed by atoms with Crippen molar-refractivity contribution in [2.75, 3.05) is 26.8 Å². The molecule has 0 saturated carbocycles. The molecule has 9 heteroatoms. The number of hydrogen-bond donors (Lipinski definition) is 1. The molecule has 1 N–H and O–H groups in total. The number of aliphatic hydroxyl groups is 1. The van der Waals surface area contributed by atoms with Gasteiger partial charge in [0.05, 0.1) is 24.2 Å². The number of aliphatic hydroxyl groups excluding tert-OH is 1. The first-order valence-corrected chi connectivity index (χ1v) is 9.07. The number of fused-ring (bicyclic) bond motifs is 1. The van der Waals surface area contributed by atoms with Crippen molar-refractivity contribution in [3.05, 3.63) is 18.7 Å². The van der Waals surface area contributed by atoms with Gasteiger partial charge >= 0.3 is 6.03 Å². The zero-order valence-corrected chi connectivity index (χ0v) is 14.9. The number of urea groups is 1. The lowest BCUT2D eigenvalue weighted by atomic mass is 10.0. The number of piperidine rings is 1. The minimum absolute atomic E-state index is 0.0137. The van der Waals surface area contributed by atoms with E-state index in [4.69, 9.17) is 4.74 Å². The summed E-state index contributed by atoms with van der Waals surface area (Å²) in [5.41, 5.74) is 0.817. The van der Waals surface area contributed by atoms with Gasteiger partial charge in [-0.1, -0.05) is 0 Å². The molecular weight excluding hydrogens is 336 g/mol. The highest BCUT2D eigenvalue weighted by molar-refractivity contribution is 5.75. The van der Waals surface area contributed by atoms with Gasteiger partial charge in [0, 0.05) is 45.5 Å². The van der Waals surface area contributed by atoms with Crippen LogP contribution in [0.15, 0.2) is 18.7 Å². The van der Waals surface area contributed by atoms with Gasteiger partial charge in [-0.15, -0.1) is 5.10 Å². The van der Waals surface area contributed by atoms with Crippen molar-refractivity contribution in [1.29, 1.82) is 0 Å². The second-order valence-corrected chi connectivity index (χ2v) is 7.03. The third-order valence-corrected chi connectivity index (χ3v) is 5.39. The van der Waals surface area contributed by atoms with E-state index in [9.17, 15) is 9.90 Å². The van der Waals surface area contributed by atoms with Gasteiger partial charge in [-0.3, -0.25) is 0 Å². The molecule has 2 fully saturated rings. The highest BCUT2D eigenvalue weighted by Crippen LogP contribution is 2.29. The number of likely N-dealkylation sites (tertiary alicyclic amines) is 1. The van der Waals surface area contributed by atoms with Crippen LogP contribution in [0.1, 0.15) is 31.8 Å². The van der Waals surface area contributed by atoms with Gasteiger partial charge < -0.3 is 24.2 Å². The SMILES string of the molecule is CN(C(=O)N1CCC(O)CC1n1cnc2nncc-2c1)C1CCOCC1. The Kier molecular flexibility index (Phi) is 4.73. The number of nitrogens with zero attached hydrogens (tertiary/aromatic N) is 6. The van der Waals surface area contributed by atoms with Crippen LogP contribution in [-0.4, -0.2) is 79.6 Å². The molecule has 0 aromatic carbocycles. The summed E-state index contributed by atoms with van der Waals surface area (Å²) >= 11 is 0. The van der Waals surface area contributed by atoms with Crippen LogP contribution >= 0.6 is 0 Å². The summed E-state index contributed by atoms with van der Waals surface area (Å²) in [5, 5.41) is 18.0. The van der Waals surface area contributed by atoms with E-state index in [2.05, 4.69) is 15.2 Å². The van der Waals surface area contributed by atoms with Crippen molar-refractivity contribution in [2.24, 2.45) is 0 Å². The summed E-state index contributed by atoms with van der Waals surface area (Å²) in [6.45, 7) is 1.90. The summed E-state index contributed by atoms with van der Waals surface area (Å²) in [7, 11) is 1.86. The van der Waals surface area contributed by atoms with Crippen molar-refractivity contribution in [1.82, 2.24) is 29.5 Å². The fraction of sp³-hybridized carbons (Fsp3) is 0.647. The van der Waals surface area contributed by atoms with Gasteiger partial charge in [-0.05, 0) is 19.3 Å². The maximum Gasteiger partial charge on any atom is 0.321 e. The van der Waals surface area contributed by atoms with Crippen LogP contribution in [0, 0.1) is 0 Å². The predicted octanol–water partition coefficient (Wildman–Crippen LogP) is 0.964. The van der Waals surface area contributed by atoms with Crippen molar-refractivity contribution in [3.8, 4) is 11.4 Å². The minimum Gasteiger partial charge on any atom is -0.393 e. The lowest BCUT2D eigenvalue weighted by Crippen LogP contribution is -2.52. The van der Waals surface area contributed by atoms with E-state index in [1.807, 2.05) is 27.6 Å². The zero-order chi connectivity index (χ0) is 18.1. The molecule has 4 aliphatic heterocycles. The maximum atomic E-state index is 13.2. The van der Waals surface area contributed by atoms with E-state index >= 15 is 0 Å². The van der Waals surface area contributed by atoms with Gasteiger partial charge in [-0.25, -0.2) is 9.78 Å². The molecule has 140 valence electrons. The molecule has 4 heterocycles. The Morgan fingerprint density at radius 3 is 2.96 bits per heavy atom. The van der Waals surface area contributed by atoms with Crippen molar-refractivity contribution in [3.63, 3.8) is 0 Å². The quantitative estimate of drug-likeness (QED) is 0.857. The molecule has 2 atom stereocenters. The summed E-state index contributed by atoms with van der Waals surface area (Å²) in [4.78, 5) is 21.1. The van der Waals surface area contributed by atoms with Crippen molar-refractivity contribution < 1.29 is 14.6 Å². The van der Waals surface area contributed by atoms with Gasteiger partial charge in [-0.2, -0.15) is 5.10 Å². The molecule has 9 nitrogen and oxygen atoms in total. The predicted molar refractivity (Wildman–Crippen MR) is 92.4 cm³/mol. The fourth-order valence-electron chi connectivity index (χ4n) is 3.79. The Labute approximate surface area is 151 Å². The molecule has 4 aliphatic rings. The van der Waals surface area contributed by atoms with E-state index in [0.29, 0.717) is 38.4 Å². The van der Waals surface area contributed by atoms with Gasteiger partial charge in [0.2, 0.25) is 0 Å². The first-order chi connectivity index (χ1) is 12.6. The summed E-state index contributed by atoms with van der Waals surface area (Å²) in [6, 6.07) is 0.179. The summed E-state index contributed by atoms with van der Waals surface area (Å²) in [6.07, 6.45) is 7.26. The molecule has 0 radical (unpaired) electrons. The van der Waals surface area contributed by atoms with Crippen LogP contribution < -0.4 is 0 Å². The molecule has 2 unspecified atom stereocenters. The largest absolute Gasteiger partial charge is 0.393 e. The van der Waals surface area contributed by atoms with Crippen LogP contribution in [0.3, 0.4) is 0 Å². The van der Waals surface area contributed by atoms with Crippen LogP contribution in [0.25, 0.3) is 11.4 Å². The first-order valence-electron chi connectivity index (χ1n) is 9.07. The number of hydrogen-bond acceptors (Lipinski definition) is 6. The first kappa shape index (κ1) is 17.2. The molecule has 26 heavy (non-hydrogen) atoms. The number of carbonyl (C=O) groups is 1. The highest BCUT2D eigenvalue weighted by atomic mass is 16.5. The topological polar surface area (TPSA) is 96.6 Å². The highest BCUT2D eigenvalue weighted by Gasteiger charge is 2.35. The van der Waals surface area contributed by atoms with Gasteiger partial charge in [0.15, 0.2) is 5.82 Å². The van der Waals surface area contributed by atoms with E-state index in [0.717, 1.165) is 18.4 Å². The average molecular weight is 360 g/mol. The average Bonchev–Trinajstić information content (AvgIpc) is 3.15. The smallest absolute Gasteiger partial charge is 0.321 e. The molecule has 4 rings (SSSR count). The summed E-state index contributed by atoms with van der Waals surface area (Å²) < 4.78 is 7.28. The Morgan fingerprint density at radius 1 is 1.35 bits per heavy atom. The Hall–Kier alpha value is -2.26. The van der Waals surface area contributed by atoms with Crippen LogP contribution in [-0.2, 0) is 4.74 Å². The van der Waals surface area contributed by atoms with Crippen LogP contribution in [0.2, 0.25) is 0 Å². The Bertz CT molecular complexity index is 731. The van der Waals surface area contributed by atoms with Crippen LogP contribution in [0.4, 0.5) is 4.79 Å². The molecule has 0 aliphatic carbocycles. The Morgan fingerprint density at radius 2 is 2.15 bits per heavy atom. The molecule has 2 saturated heterocycles. The molecular formula is C17H24N6O3. The number of rotatable bonds is 2. The maximum absolute atomic E-state index is 13.2. The number of aromatic nitrogens is 4. The monoisotopic (exact) mass is 360 g/mol. The van der Waals surface area contributed by atoms with Crippen molar-refractivity contribution >= 4 is 6.03 Å². The van der Waals surface area contributed by atoms with Crippen molar-refractivity contribution in [2.45, 2.75) is 44.0 Å². The number of ether oxygens (including phenoxy) is 1. The van der Waals surface area contributed by atoms with E-state index in [1.165, 1.54) is 0 Å². The molecule has 0 aromatic rings. The molecule has 0 bridgehead atoms. The van der Waals surface area contributed by atoms with Gasteiger partial charge in [0.1, 0.15) is 6.17 Å². The summed E-state index contributed by atoms with van der Waals surface area (Å²) in [5.74, 6) is 0.579. The second kappa shape index (κ2) is 7.16. The van der Waals surface area contributed by atoms with E-state index < -0.39 is 6.10 Å². The molecule has 0 aromatic heterocycles.